The van der Waals surface area contributed by atoms with E-state index >= 15 is 0 Å². The van der Waals surface area contributed by atoms with Crippen molar-refractivity contribution in [2.75, 3.05) is 11.1 Å². The van der Waals surface area contributed by atoms with Gasteiger partial charge >= 0.3 is 0 Å². The second kappa shape index (κ2) is 14.3. The van der Waals surface area contributed by atoms with E-state index in [-0.39, 0.29) is 5.69 Å². The minimum atomic E-state index is -5.29. The number of hydrogen-bond donors (Lipinski definition) is 7. The number of halogens is 3. The fourth-order valence-corrected chi connectivity index (χ4v) is 6.70. The van der Waals surface area contributed by atoms with E-state index in [1.165, 1.54) is 6.07 Å². The molecule has 8 N–H and O–H groups in total. The first kappa shape index (κ1) is 37.9. The van der Waals surface area contributed by atoms with E-state index in [0.717, 1.165) is 18.2 Å². The van der Waals surface area contributed by atoms with Crippen molar-refractivity contribution >= 4 is 93.2 Å². The molecule has 5 rings (SSSR count). The summed E-state index contributed by atoms with van der Waals surface area (Å²) in [4.78, 5) is 3.43. The third-order valence-electron chi connectivity index (χ3n) is 6.56. The van der Waals surface area contributed by atoms with Gasteiger partial charge in [0.25, 0.3) is 20.2 Å². The molecular formula is C26H17F3N8O11S4. The number of aromatic nitrogens is 2. The molecule has 1 aromatic heterocycles. The Morgan fingerprint density at radius 3 is 1.90 bits per heavy atom. The molecule has 2 atom stereocenters. The Bertz CT molecular complexity index is 2630. The molecule has 0 bridgehead atoms. The number of nitrogens with one attached hydrogen (secondary N) is 1. The van der Waals surface area contributed by atoms with Crippen LogP contribution >= 0.6 is 0 Å². The third-order valence-corrected chi connectivity index (χ3v) is 9.74. The molecule has 5 aromatic rings. The van der Waals surface area contributed by atoms with Gasteiger partial charge in [0.05, 0.1) is 20.9 Å². The molecule has 4 aromatic carbocycles. The van der Waals surface area contributed by atoms with Crippen LogP contribution in [0.15, 0.2) is 94.6 Å². The summed E-state index contributed by atoms with van der Waals surface area (Å²) >= 11 is -5.78. The van der Waals surface area contributed by atoms with E-state index in [4.69, 9.17) is 5.73 Å². The summed E-state index contributed by atoms with van der Waals surface area (Å²) in [6.07, 6.45) is 0. The molecule has 2 unspecified atom stereocenters. The first-order chi connectivity index (χ1) is 24.2. The maximum absolute atomic E-state index is 13.9. The summed E-state index contributed by atoms with van der Waals surface area (Å²) in [5.41, 5.74) is 2.14. The van der Waals surface area contributed by atoms with Gasteiger partial charge in [0.1, 0.15) is 38.4 Å². The molecular weight excluding hydrogens is 786 g/mol. The van der Waals surface area contributed by atoms with Crippen LogP contribution in [0.5, 0.6) is 5.75 Å². The zero-order valence-corrected chi connectivity index (χ0v) is 28.2. The highest BCUT2D eigenvalue weighted by Crippen LogP contribution is 2.48. The highest BCUT2D eigenvalue weighted by Gasteiger charge is 2.27. The second-order valence-electron chi connectivity index (χ2n) is 9.91. The minimum Gasteiger partial charge on any atom is -0.505 e. The van der Waals surface area contributed by atoms with Gasteiger partial charge in [0.2, 0.25) is 17.8 Å². The van der Waals surface area contributed by atoms with Crippen molar-refractivity contribution in [2.45, 2.75) is 19.6 Å². The number of aromatic hydroxyl groups is 1. The smallest absolute Gasteiger partial charge is 0.296 e. The summed E-state index contributed by atoms with van der Waals surface area (Å²) in [6.45, 7) is 0. The molecule has 0 aliphatic carbocycles. The second-order valence-corrected chi connectivity index (χ2v) is 14.6. The van der Waals surface area contributed by atoms with Crippen LogP contribution in [-0.4, -0.2) is 58.5 Å². The van der Waals surface area contributed by atoms with E-state index in [9.17, 15) is 61.7 Å². The quantitative estimate of drug-likeness (QED) is 0.0299. The van der Waals surface area contributed by atoms with Crippen molar-refractivity contribution in [3.8, 4) is 5.75 Å². The molecule has 272 valence electrons. The average Bonchev–Trinajstić information content (AvgIpc) is 3.01. The Labute approximate surface area is 293 Å². The maximum Gasteiger partial charge on any atom is 0.296 e. The van der Waals surface area contributed by atoms with E-state index < -0.39 is 131 Å². The Hall–Kier alpha value is -5.35. The average molecular weight is 803 g/mol. The molecule has 26 heteroatoms. The first-order valence-corrected chi connectivity index (χ1v) is 18.4. The van der Waals surface area contributed by atoms with E-state index in [1.54, 1.807) is 0 Å². The van der Waals surface area contributed by atoms with Crippen molar-refractivity contribution in [1.82, 2.24) is 9.97 Å². The Balaban J connectivity index is 1.71. The van der Waals surface area contributed by atoms with E-state index in [2.05, 4.69) is 35.7 Å². The van der Waals surface area contributed by atoms with Crippen molar-refractivity contribution in [3.05, 3.63) is 72.3 Å². The molecule has 0 saturated heterocycles. The number of phenols is 1. The maximum atomic E-state index is 13.9. The van der Waals surface area contributed by atoms with Crippen LogP contribution in [0.25, 0.3) is 10.8 Å². The monoisotopic (exact) mass is 802 g/mol. The number of phenolic OH excluding ortho intramolecular Hbond substituents is 1. The molecule has 0 radical (unpaired) electrons. The molecule has 1 heterocycles. The van der Waals surface area contributed by atoms with Gasteiger partial charge in [-0.25, -0.2) is 12.8 Å². The summed E-state index contributed by atoms with van der Waals surface area (Å²) in [5.74, 6) is -5.18. The van der Waals surface area contributed by atoms with Crippen molar-refractivity contribution in [2.24, 2.45) is 20.5 Å². The number of nitrogens with zero attached hydrogens (tertiary/aromatic N) is 6. The highest BCUT2D eigenvalue weighted by atomic mass is 32.2. The van der Waals surface area contributed by atoms with Gasteiger partial charge in [-0.1, -0.05) is 0 Å². The first-order valence-electron chi connectivity index (χ1n) is 13.3. The van der Waals surface area contributed by atoms with Gasteiger partial charge in [-0.15, -0.1) is 20.5 Å². The SMILES string of the molecule is Nc1c(N=Nc2cc(F)ccc2S(=O)(=O)O)c(S(=O)(=O)O)cc2cc(S(=O)O)c(N=Nc3cc(Nc4nc(F)cc(F)n4)ccc3S(=O)O)c(O)c12. The Morgan fingerprint density at radius 1 is 0.712 bits per heavy atom. The van der Waals surface area contributed by atoms with Crippen LogP contribution in [0, 0.1) is 17.7 Å². The predicted molar refractivity (Wildman–Crippen MR) is 174 cm³/mol. The van der Waals surface area contributed by atoms with Gasteiger partial charge in [-0.05, 0) is 47.9 Å². The molecule has 0 aliphatic heterocycles. The lowest BCUT2D eigenvalue weighted by Gasteiger charge is -2.14. The van der Waals surface area contributed by atoms with Gasteiger partial charge in [-0.3, -0.25) is 9.11 Å². The zero-order chi connectivity index (χ0) is 38.3. The molecule has 19 nitrogen and oxygen atoms in total. The number of azo groups is 2. The Morgan fingerprint density at radius 2 is 1.31 bits per heavy atom. The topological polar surface area (TPSA) is 317 Å². The van der Waals surface area contributed by atoms with Gasteiger partial charge < -0.3 is 25.3 Å². The molecule has 0 fully saturated rings. The molecule has 0 amide bonds. The number of rotatable bonds is 10. The van der Waals surface area contributed by atoms with Crippen LogP contribution in [0.2, 0.25) is 0 Å². The minimum absolute atomic E-state index is 0.0608. The lowest BCUT2D eigenvalue weighted by atomic mass is 10.1. The highest BCUT2D eigenvalue weighted by molar-refractivity contribution is 7.86. The number of anilines is 3. The summed E-state index contributed by atoms with van der Waals surface area (Å²) in [5, 5.41) is 27.2. The molecule has 52 heavy (non-hydrogen) atoms. The summed E-state index contributed by atoms with van der Waals surface area (Å²) in [6, 6.07) is 6.81. The largest absolute Gasteiger partial charge is 0.505 e. The van der Waals surface area contributed by atoms with Crippen LogP contribution in [0.3, 0.4) is 0 Å². The van der Waals surface area contributed by atoms with Crippen molar-refractivity contribution in [3.63, 3.8) is 0 Å². The van der Waals surface area contributed by atoms with E-state index in [1.807, 2.05) is 0 Å². The lowest BCUT2D eigenvalue weighted by molar-refractivity contribution is 0.479. The van der Waals surface area contributed by atoms with Gasteiger partial charge in [0, 0.05) is 17.8 Å². The third kappa shape index (κ3) is 8.07. The van der Waals surface area contributed by atoms with Crippen LogP contribution in [0.4, 0.5) is 53.2 Å². The standard InChI is InChI=1S/C26H17F3N8O11S4/c27-11-1-4-17(51(43,44)45)14(7-11)35-37-24-18(52(46,47)48)6-10-5-16(50(41)42)23(25(38)21(10)22(24)30)36-34-13-8-12(2-3-15(13)49(39)40)31-26-32-19(28)9-20(29)33-26/h1-9,38H,30H2,(H,39,40)(H,41,42)(H,31,32,33)(H,43,44,45)(H,46,47,48). The number of nitrogens with two attached hydrogens (primary N) is 1. The number of benzene rings is 4. The van der Waals surface area contributed by atoms with Crippen LogP contribution in [-0.2, 0) is 42.4 Å². The number of fused-ring (bicyclic) bond motifs is 1. The molecule has 0 aliphatic rings. The van der Waals surface area contributed by atoms with Gasteiger partial charge in [-0.2, -0.15) is 35.6 Å². The fraction of sp³-hybridized carbons (Fsp3) is 0. The van der Waals surface area contributed by atoms with Gasteiger partial charge in [0.15, 0.2) is 27.9 Å². The zero-order valence-electron chi connectivity index (χ0n) is 24.9. The van der Waals surface area contributed by atoms with Crippen LogP contribution < -0.4 is 11.1 Å². The molecule has 0 spiro atoms. The lowest BCUT2D eigenvalue weighted by Crippen LogP contribution is -2.02. The summed E-state index contributed by atoms with van der Waals surface area (Å²) in [7, 11) is -10.3. The fourth-order valence-electron chi connectivity index (χ4n) is 4.43. The Kier molecular flexibility index (Phi) is 10.5. The van der Waals surface area contributed by atoms with Crippen molar-refractivity contribution in [1.29, 1.82) is 0 Å². The number of nitrogen functional groups attached to an aromatic ring is 1. The predicted octanol–water partition coefficient (Wildman–Crippen LogP) is 5.56. The normalized spacial score (nSPS) is 13.6. The number of hydrogen-bond acceptors (Lipinski definition) is 15. The van der Waals surface area contributed by atoms with E-state index in [0.29, 0.717) is 30.3 Å². The molecule has 0 saturated carbocycles. The summed E-state index contributed by atoms with van der Waals surface area (Å²) < 4.78 is 153. The van der Waals surface area contributed by atoms with Crippen molar-refractivity contribution < 1.29 is 61.7 Å². The van der Waals surface area contributed by atoms with Crippen LogP contribution in [0.1, 0.15) is 0 Å².